The topological polar surface area (TPSA) is 69.7 Å². The molecule has 1 atom stereocenters. The van der Waals surface area contributed by atoms with Gasteiger partial charge in [-0.05, 0) is 31.7 Å². The van der Waals surface area contributed by atoms with Crippen molar-refractivity contribution in [2.75, 3.05) is 24.5 Å². The molecule has 1 aliphatic heterocycles. The molecule has 3 rings (SSSR count). The molecule has 1 saturated heterocycles. The molecule has 2 N–H and O–H groups in total. The summed E-state index contributed by atoms with van der Waals surface area (Å²) in [6, 6.07) is 2.61. The van der Waals surface area contributed by atoms with E-state index in [0.29, 0.717) is 12.0 Å². The Labute approximate surface area is 144 Å². The van der Waals surface area contributed by atoms with Gasteiger partial charge in [-0.15, -0.1) is 0 Å². The number of anilines is 1. The first kappa shape index (κ1) is 16.9. The number of aryl methyl sites for hydroxylation is 1. The van der Waals surface area contributed by atoms with Crippen LogP contribution in [-0.4, -0.2) is 45.6 Å². The first-order chi connectivity index (χ1) is 11.6. The summed E-state index contributed by atoms with van der Waals surface area (Å²) in [6.07, 6.45) is 6.75. The van der Waals surface area contributed by atoms with E-state index < -0.39 is 0 Å². The number of nitrogens with zero attached hydrogens (tertiary/aromatic N) is 4. The van der Waals surface area contributed by atoms with E-state index in [0.717, 1.165) is 62.1 Å². The molecule has 6 nitrogen and oxygen atoms in total. The van der Waals surface area contributed by atoms with Gasteiger partial charge in [-0.3, -0.25) is 0 Å². The van der Waals surface area contributed by atoms with Gasteiger partial charge in [0.1, 0.15) is 5.82 Å². The minimum Gasteiger partial charge on any atom is -0.349 e. The van der Waals surface area contributed by atoms with Crippen LogP contribution in [0.25, 0.3) is 0 Å². The lowest BCUT2D eigenvalue weighted by atomic mass is 10.1. The van der Waals surface area contributed by atoms with Gasteiger partial charge in [-0.2, -0.15) is 0 Å². The van der Waals surface area contributed by atoms with Crippen molar-refractivity contribution >= 4 is 5.95 Å². The molecule has 130 valence electrons. The molecule has 6 heteroatoms. The third-order valence-corrected chi connectivity index (χ3v) is 4.33. The molecule has 24 heavy (non-hydrogen) atoms. The fourth-order valence-corrected chi connectivity index (χ4v) is 3.22. The third kappa shape index (κ3) is 4.54. The maximum atomic E-state index is 4.78. The summed E-state index contributed by atoms with van der Waals surface area (Å²) >= 11 is 0. The number of hydrogen-bond donors (Lipinski definition) is 2. The van der Waals surface area contributed by atoms with Crippen molar-refractivity contribution in [1.82, 2.24) is 25.3 Å². The van der Waals surface area contributed by atoms with E-state index in [-0.39, 0.29) is 0 Å². The SMILES string of the molecule is Cc1cc(CC(C)C)nc(N2CC[C@H](NCCc3ncc[nH]3)C2)n1. The zero-order chi connectivity index (χ0) is 16.9. The minimum absolute atomic E-state index is 0.498. The van der Waals surface area contributed by atoms with Crippen molar-refractivity contribution in [2.24, 2.45) is 5.92 Å². The second-order valence-corrected chi connectivity index (χ2v) is 7.07. The highest BCUT2D eigenvalue weighted by molar-refractivity contribution is 5.34. The summed E-state index contributed by atoms with van der Waals surface area (Å²) < 4.78 is 0. The number of nitrogens with one attached hydrogen (secondary N) is 2. The zero-order valence-electron chi connectivity index (χ0n) is 14.9. The van der Waals surface area contributed by atoms with Gasteiger partial charge in [0.25, 0.3) is 0 Å². The predicted molar refractivity (Wildman–Crippen MR) is 96.2 cm³/mol. The Morgan fingerprint density at radius 3 is 3.00 bits per heavy atom. The number of hydrogen-bond acceptors (Lipinski definition) is 5. The number of rotatable bonds is 7. The van der Waals surface area contributed by atoms with E-state index in [1.807, 2.05) is 6.20 Å². The molecule has 0 bridgehead atoms. The van der Waals surface area contributed by atoms with Crippen LogP contribution in [0.2, 0.25) is 0 Å². The van der Waals surface area contributed by atoms with Crippen molar-refractivity contribution in [3.63, 3.8) is 0 Å². The van der Waals surface area contributed by atoms with Crippen LogP contribution in [0.15, 0.2) is 18.5 Å². The van der Waals surface area contributed by atoms with Gasteiger partial charge >= 0.3 is 0 Å². The van der Waals surface area contributed by atoms with Crippen LogP contribution in [0.4, 0.5) is 5.95 Å². The molecule has 0 aliphatic carbocycles. The fourth-order valence-electron chi connectivity index (χ4n) is 3.22. The fraction of sp³-hybridized carbons (Fsp3) is 0.611. The third-order valence-electron chi connectivity index (χ3n) is 4.33. The lowest BCUT2D eigenvalue weighted by molar-refractivity contribution is 0.549. The van der Waals surface area contributed by atoms with Crippen molar-refractivity contribution < 1.29 is 0 Å². The monoisotopic (exact) mass is 328 g/mol. The summed E-state index contributed by atoms with van der Waals surface area (Å²) in [5.74, 6) is 2.54. The quantitative estimate of drug-likeness (QED) is 0.815. The molecular weight excluding hydrogens is 300 g/mol. The van der Waals surface area contributed by atoms with Crippen LogP contribution < -0.4 is 10.2 Å². The normalized spacial score (nSPS) is 17.8. The molecule has 0 unspecified atom stereocenters. The van der Waals surface area contributed by atoms with Gasteiger partial charge in [0.05, 0.1) is 0 Å². The number of aromatic nitrogens is 4. The molecule has 0 aromatic carbocycles. The van der Waals surface area contributed by atoms with Crippen molar-refractivity contribution in [3.05, 3.63) is 35.7 Å². The maximum Gasteiger partial charge on any atom is 0.225 e. The second-order valence-electron chi connectivity index (χ2n) is 7.07. The molecule has 1 aliphatic rings. The van der Waals surface area contributed by atoms with Gasteiger partial charge in [0.15, 0.2) is 0 Å². The summed E-state index contributed by atoms with van der Waals surface area (Å²) in [7, 11) is 0. The molecule has 0 spiro atoms. The van der Waals surface area contributed by atoms with E-state index in [4.69, 9.17) is 4.98 Å². The summed E-state index contributed by atoms with van der Waals surface area (Å²) in [5, 5.41) is 3.62. The Hall–Kier alpha value is -1.95. The zero-order valence-corrected chi connectivity index (χ0v) is 14.9. The van der Waals surface area contributed by atoms with Gasteiger partial charge in [0, 0.05) is 55.9 Å². The number of H-pyrrole nitrogens is 1. The Morgan fingerprint density at radius 1 is 1.38 bits per heavy atom. The van der Waals surface area contributed by atoms with Crippen LogP contribution in [0.3, 0.4) is 0 Å². The molecule has 2 aromatic rings. The number of aromatic amines is 1. The van der Waals surface area contributed by atoms with Crippen LogP contribution in [0.1, 0.15) is 37.5 Å². The molecule has 0 amide bonds. The Balaban J connectivity index is 1.54. The first-order valence-electron chi connectivity index (χ1n) is 8.91. The predicted octanol–water partition coefficient (Wildman–Crippen LogP) is 2.12. The maximum absolute atomic E-state index is 4.78. The van der Waals surface area contributed by atoms with E-state index in [2.05, 4.69) is 52.0 Å². The lowest BCUT2D eigenvalue weighted by Crippen LogP contribution is -2.34. The summed E-state index contributed by atoms with van der Waals surface area (Å²) in [4.78, 5) is 19.1. The molecule has 3 heterocycles. The van der Waals surface area contributed by atoms with Crippen molar-refractivity contribution in [2.45, 2.75) is 46.1 Å². The van der Waals surface area contributed by atoms with Crippen LogP contribution >= 0.6 is 0 Å². The Bertz CT molecular complexity index is 637. The van der Waals surface area contributed by atoms with E-state index in [9.17, 15) is 0 Å². The average molecular weight is 328 g/mol. The van der Waals surface area contributed by atoms with Crippen LogP contribution in [-0.2, 0) is 12.8 Å². The molecule has 2 aromatic heterocycles. The van der Waals surface area contributed by atoms with Crippen molar-refractivity contribution in [3.8, 4) is 0 Å². The molecule has 1 fully saturated rings. The molecule has 0 radical (unpaired) electrons. The van der Waals surface area contributed by atoms with Crippen molar-refractivity contribution in [1.29, 1.82) is 0 Å². The molecular formula is C18H28N6. The van der Waals surface area contributed by atoms with Gasteiger partial charge in [-0.25, -0.2) is 15.0 Å². The second kappa shape index (κ2) is 7.75. The summed E-state index contributed by atoms with van der Waals surface area (Å²) in [6.45, 7) is 9.45. The average Bonchev–Trinajstić information content (AvgIpc) is 3.17. The first-order valence-corrected chi connectivity index (χ1v) is 8.91. The highest BCUT2D eigenvalue weighted by Gasteiger charge is 2.24. The van der Waals surface area contributed by atoms with Gasteiger partial charge in [-0.1, -0.05) is 13.8 Å². The van der Waals surface area contributed by atoms with E-state index >= 15 is 0 Å². The highest BCUT2D eigenvalue weighted by Crippen LogP contribution is 2.18. The van der Waals surface area contributed by atoms with E-state index in [1.165, 1.54) is 0 Å². The van der Waals surface area contributed by atoms with Gasteiger partial charge in [0.2, 0.25) is 5.95 Å². The minimum atomic E-state index is 0.498. The summed E-state index contributed by atoms with van der Waals surface area (Å²) in [5.41, 5.74) is 2.21. The van der Waals surface area contributed by atoms with E-state index in [1.54, 1.807) is 6.20 Å². The lowest BCUT2D eigenvalue weighted by Gasteiger charge is -2.18. The highest BCUT2D eigenvalue weighted by atomic mass is 15.3. The Kier molecular flexibility index (Phi) is 5.45. The van der Waals surface area contributed by atoms with Crippen LogP contribution in [0.5, 0.6) is 0 Å². The Morgan fingerprint density at radius 2 is 2.25 bits per heavy atom. The smallest absolute Gasteiger partial charge is 0.225 e. The van der Waals surface area contributed by atoms with Crippen LogP contribution in [0, 0.1) is 12.8 Å². The van der Waals surface area contributed by atoms with Gasteiger partial charge < -0.3 is 15.2 Å². The largest absolute Gasteiger partial charge is 0.349 e. The standard InChI is InChI=1S/C18H28N6/c1-13(2)10-16-11-14(3)22-18(23-16)24-9-5-15(12-24)19-6-4-17-20-7-8-21-17/h7-8,11,13,15,19H,4-6,9-10,12H2,1-3H3,(H,20,21)/t15-/m0/s1. The number of imidazole rings is 1. The molecule has 0 saturated carbocycles.